The summed E-state index contributed by atoms with van der Waals surface area (Å²) in [7, 11) is 1.56. The number of hydrogen-bond donors (Lipinski definition) is 3. The predicted molar refractivity (Wildman–Crippen MR) is 99.3 cm³/mol. The number of aromatic nitrogens is 3. The highest BCUT2D eigenvalue weighted by molar-refractivity contribution is 6.01. The lowest BCUT2D eigenvalue weighted by molar-refractivity contribution is 0.0970. The number of piperidine rings is 1. The smallest absolute Gasteiger partial charge is 0.213 e. The van der Waals surface area contributed by atoms with Gasteiger partial charge < -0.3 is 15.4 Å². The number of ketones is 1. The van der Waals surface area contributed by atoms with Crippen molar-refractivity contribution < 1.29 is 9.53 Å². The second kappa shape index (κ2) is 8.50. The molecule has 2 aromatic rings. The quantitative estimate of drug-likeness (QED) is 0.561. The minimum Gasteiger partial charge on any atom is -0.481 e. The normalized spacial score (nSPS) is 15.6. The first-order valence-corrected chi connectivity index (χ1v) is 8.74. The van der Waals surface area contributed by atoms with Crippen LogP contribution < -0.4 is 15.4 Å². The number of pyridine rings is 1. The lowest BCUT2D eigenvalue weighted by Crippen LogP contribution is -2.27. The highest BCUT2D eigenvalue weighted by Crippen LogP contribution is 2.15. The predicted octanol–water partition coefficient (Wildman–Crippen LogP) is 1.85. The molecule has 26 heavy (non-hydrogen) atoms. The number of carbonyl (C=O) groups is 1. The Morgan fingerprint density at radius 2 is 2.15 bits per heavy atom. The number of anilines is 1. The Kier molecular flexibility index (Phi) is 5.87. The molecule has 0 unspecified atom stereocenters. The van der Waals surface area contributed by atoms with Gasteiger partial charge in [0.2, 0.25) is 11.7 Å². The molecule has 0 spiro atoms. The summed E-state index contributed by atoms with van der Waals surface area (Å²) in [5.41, 5.74) is 1.83. The van der Waals surface area contributed by atoms with Crippen LogP contribution in [0.15, 0.2) is 24.5 Å². The number of methoxy groups -OCH3 is 1. The van der Waals surface area contributed by atoms with E-state index in [1.165, 1.54) is 0 Å². The number of hydrogen-bond acceptors (Lipinski definition) is 6. The van der Waals surface area contributed by atoms with Crippen LogP contribution in [0.3, 0.4) is 0 Å². The van der Waals surface area contributed by atoms with Crippen LogP contribution in [0.2, 0.25) is 0 Å². The van der Waals surface area contributed by atoms with Crippen molar-refractivity contribution in [2.45, 2.75) is 25.8 Å². The molecule has 0 aromatic carbocycles. The fourth-order valence-electron chi connectivity index (χ4n) is 2.83. The van der Waals surface area contributed by atoms with Gasteiger partial charge in [0.05, 0.1) is 36.8 Å². The highest BCUT2D eigenvalue weighted by atomic mass is 16.5. The van der Waals surface area contributed by atoms with Crippen molar-refractivity contribution in [3.05, 3.63) is 35.8 Å². The monoisotopic (exact) mass is 353 g/mol. The third kappa shape index (κ3) is 4.41. The van der Waals surface area contributed by atoms with Crippen molar-refractivity contribution in [2.75, 3.05) is 25.5 Å². The summed E-state index contributed by atoms with van der Waals surface area (Å²) in [6, 6.07) is 3.12. The van der Waals surface area contributed by atoms with Crippen LogP contribution in [-0.4, -0.2) is 47.2 Å². The van der Waals surface area contributed by atoms with Crippen molar-refractivity contribution in [2.24, 2.45) is 5.92 Å². The fourth-order valence-corrected chi connectivity index (χ4v) is 2.83. The van der Waals surface area contributed by atoms with Crippen LogP contribution in [-0.2, 0) is 0 Å². The largest absolute Gasteiger partial charge is 0.481 e. The number of aromatic amines is 1. The highest BCUT2D eigenvalue weighted by Gasteiger charge is 2.20. The Hall–Kier alpha value is -2.85. The topological polar surface area (TPSA) is 91.9 Å². The summed E-state index contributed by atoms with van der Waals surface area (Å²) in [5.74, 6) is 7.21. The van der Waals surface area contributed by atoms with Gasteiger partial charge in [0.15, 0.2) is 0 Å². The Morgan fingerprint density at radius 1 is 1.35 bits per heavy atom. The van der Waals surface area contributed by atoms with E-state index >= 15 is 0 Å². The van der Waals surface area contributed by atoms with Gasteiger partial charge in [0.1, 0.15) is 5.69 Å². The second-order valence-electron chi connectivity index (χ2n) is 6.27. The minimum absolute atomic E-state index is 0.0899. The Morgan fingerprint density at radius 3 is 2.85 bits per heavy atom. The van der Waals surface area contributed by atoms with Crippen molar-refractivity contribution in [3.8, 4) is 17.7 Å². The van der Waals surface area contributed by atoms with E-state index in [1.54, 1.807) is 32.5 Å². The summed E-state index contributed by atoms with van der Waals surface area (Å²) in [6.07, 6.45) is 5.32. The first-order chi connectivity index (χ1) is 12.7. The zero-order valence-corrected chi connectivity index (χ0v) is 15.0. The first-order valence-electron chi connectivity index (χ1n) is 8.74. The Bertz CT molecular complexity index is 797. The van der Waals surface area contributed by atoms with Crippen LogP contribution in [0.4, 0.5) is 5.69 Å². The summed E-state index contributed by atoms with van der Waals surface area (Å²) < 4.78 is 5.03. The molecule has 136 valence electrons. The van der Waals surface area contributed by atoms with Gasteiger partial charge in [-0.1, -0.05) is 11.8 Å². The van der Waals surface area contributed by atoms with Crippen molar-refractivity contribution >= 4 is 11.5 Å². The van der Waals surface area contributed by atoms with Crippen LogP contribution in [0.25, 0.3) is 0 Å². The molecule has 1 aliphatic rings. The van der Waals surface area contributed by atoms with E-state index in [2.05, 4.69) is 37.7 Å². The number of nitrogens with zero attached hydrogens (tertiary/aromatic N) is 2. The molecule has 1 atom stereocenters. The number of Topliss-reactive ketones (excluding diaryl/α,β-unsaturated/α-hetero) is 1. The van der Waals surface area contributed by atoms with E-state index in [0.717, 1.165) is 31.6 Å². The summed E-state index contributed by atoms with van der Waals surface area (Å²) in [4.78, 5) is 16.9. The van der Waals surface area contributed by atoms with Gasteiger partial charge in [0, 0.05) is 12.0 Å². The fraction of sp³-hybridized carbons (Fsp3) is 0.421. The van der Waals surface area contributed by atoms with E-state index < -0.39 is 6.04 Å². The van der Waals surface area contributed by atoms with Crippen molar-refractivity contribution in [3.63, 3.8) is 0 Å². The molecule has 3 heterocycles. The maximum Gasteiger partial charge on any atom is 0.213 e. The number of H-pyrrole nitrogens is 1. The van der Waals surface area contributed by atoms with Gasteiger partial charge in [-0.25, -0.2) is 4.98 Å². The molecule has 7 heteroatoms. The molecular weight excluding hydrogens is 330 g/mol. The molecule has 0 amide bonds. The van der Waals surface area contributed by atoms with Gasteiger partial charge in [0.25, 0.3) is 0 Å². The molecule has 7 nitrogen and oxygen atoms in total. The molecule has 0 aliphatic carbocycles. The molecule has 3 rings (SSSR count). The number of rotatable bonds is 5. The lowest BCUT2D eigenvalue weighted by Gasteiger charge is -2.17. The van der Waals surface area contributed by atoms with Gasteiger partial charge in [-0.05, 0) is 38.9 Å². The number of nitrogens with one attached hydrogen (secondary N) is 3. The van der Waals surface area contributed by atoms with Gasteiger partial charge in [-0.2, -0.15) is 5.10 Å². The third-order valence-electron chi connectivity index (χ3n) is 4.36. The van der Waals surface area contributed by atoms with Gasteiger partial charge in [-0.3, -0.25) is 9.89 Å². The standard InChI is InChI=1S/C19H23N5O2/c1-13(23-16-5-6-17(26-2)21-12-16)19(25)18-15(11-22-24-18)4-3-14-7-9-20-10-8-14/h5-6,11-14,20,23H,7-10H2,1-2H3,(H,22,24)/t13-/m0/s1. The van der Waals surface area contributed by atoms with Crippen molar-refractivity contribution in [1.29, 1.82) is 0 Å². The number of carbonyl (C=O) groups excluding carboxylic acids is 1. The van der Waals surface area contributed by atoms with Crippen LogP contribution in [0.5, 0.6) is 5.88 Å². The average Bonchev–Trinajstić information content (AvgIpc) is 3.15. The van der Waals surface area contributed by atoms with Crippen LogP contribution >= 0.6 is 0 Å². The summed E-state index contributed by atoms with van der Waals surface area (Å²) in [5, 5.41) is 13.3. The maximum absolute atomic E-state index is 12.7. The lowest BCUT2D eigenvalue weighted by atomic mass is 9.98. The minimum atomic E-state index is -0.440. The Labute approximate surface area is 152 Å². The van der Waals surface area contributed by atoms with E-state index in [0.29, 0.717) is 23.1 Å². The summed E-state index contributed by atoms with van der Waals surface area (Å²) in [6.45, 7) is 3.79. The SMILES string of the molecule is COc1ccc(N[C@@H](C)C(=O)c2[nH]ncc2C#CC2CCNCC2)cn1. The van der Waals surface area contributed by atoms with Crippen molar-refractivity contribution in [1.82, 2.24) is 20.5 Å². The van der Waals surface area contributed by atoms with E-state index in [1.807, 2.05) is 6.07 Å². The molecule has 0 radical (unpaired) electrons. The third-order valence-corrected chi connectivity index (χ3v) is 4.36. The summed E-state index contributed by atoms with van der Waals surface area (Å²) >= 11 is 0. The molecule has 1 fully saturated rings. The van der Waals surface area contributed by atoms with E-state index in [4.69, 9.17) is 4.74 Å². The van der Waals surface area contributed by atoms with Crippen LogP contribution in [0.1, 0.15) is 35.8 Å². The second-order valence-corrected chi connectivity index (χ2v) is 6.27. The first kappa shape index (κ1) is 18.0. The molecule has 0 bridgehead atoms. The van der Waals surface area contributed by atoms with Gasteiger partial charge in [-0.15, -0.1) is 0 Å². The van der Waals surface area contributed by atoms with E-state index in [-0.39, 0.29) is 5.78 Å². The molecule has 0 saturated carbocycles. The van der Waals surface area contributed by atoms with Gasteiger partial charge >= 0.3 is 0 Å². The molecule has 2 aromatic heterocycles. The zero-order valence-electron chi connectivity index (χ0n) is 15.0. The molecule has 1 saturated heterocycles. The molecule has 1 aliphatic heterocycles. The molecular formula is C19H23N5O2. The van der Waals surface area contributed by atoms with E-state index in [9.17, 15) is 4.79 Å². The number of ether oxygens (including phenoxy) is 1. The van der Waals surface area contributed by atoms with Crippen LogP contribution in [0, 0.1) is 17.8 Å². The Balaban J connectivity index is 1.67. The zero-order chi connectivity index (χ0) is 18.4. The average molecular weight is 353 g/mol. The molecule has 3 N–H and O–H groups in total. The maximum atomic E-state index is 12.7.